The molecule has 0 saturated heterocycles. The van der Waals surface area contributed by atoms with Crippen LogP contribution in [-0.2, 0) is 9.53 Å². The van der Waals surface area contributed by atoms with Gasteiger partial charge in [-0.05, 0) is 26.3 Å². The first-order valence-electron chi connectivity index (χ1n) is 4.91. The topological polar surface area (TPSA) is 38.3 Å². The van der Waals surface area contributed by atoms with Gasteiger partial charge in [-0.15, -0.1) is 0 Å². The Bertz CT molecular complexity index is 168. The maximum atomic E-state index is 11.6. The molecular weight excluding hydrogens is 166 g/mol. The van der Waals surface area contributed by atoms with Crippen molar-refractivity contribution in [3.8, 4) is 0 Å². The SMILES string of the molecule is CCNC(C)(C(=O)OCC)C(C)C. The van der Waals surface area contributed by atoms with Gasteiger partial charge in [0.1, 0.15) is 5.54 Å². The zero-order valence-electron chi connectivity index (χ0n) is 9.31. The first-order valence-corrected chi connectivity index (χ1v) is 4.91. The van der Waals surface area contributed by atoms with Crippen LogP contribution in [0.15, 0.2) is 0 Å². The van der Waals surface area contributed by atoms with E-state index in [2.05, 4.69) is 5.32 Å². The van der Waals surface area contributed by atoms with Crippen LogP contribution in [0, 0.1) is 5.92 Å². The Balaban J connectivity index is 4.47. The smallest absolute Gasteiger partial charge is 0.326 e. The largest absolute Gasteiger partial charge is 0.465 e. The molecule has 1 N–H and O–H groups in total. The lowest BCUT2D eigenvalue weighted by Gasteiger charge is -2.31. The third-order valence-corrected chi connectivity index (χ3v) is 2.40. The summed E-state index contributed by atoms with van der Waals surface area (Å²) in [6.45, 7) is 10.9. The van der Waals surface area contributed by atoms with Crippen LogP contribution in [0.1, 0.15) is 34.6 Å². The monoisotopic (exact) mass is 187 g/mol. The van der Waals surface area contributed by atoms with Crippen LogP contribution in [0.3, 0.4) is 0 Å². The summed E-state index contributed by atoms with van der Waals surface area (Å²) in [7, 11) is 0. The lowest BCUT2D eigenvalue weighted by atomic mass is 9.88. The van der Waals surface area contributed by atoms with Gasteiger partial charge in [0.15, 0.2) is 0 Å². The highest BCUT2D eigenvalue weighted by Crippen LogP contribution is 2.18. The van der Waals surface area contributed by atoms with Crippen LogP contribution in [0.25, 0.3) is 0 Å². The number of carbonyl (C=O) groups is 1. The fourth-order valence-corrected chi connectivity index (χ4v) is 1.16. The molecule has 78 valence electrons. The summed E-state index contributed by atoms with van der Waals surface area (Å²) < 4.78 is 5.02. The molecule has 0 aliphatic rings. The molecular formula is C10H21NO2. The molecule has 0 aromatic carbocycles. The standard InChI is InChI=1S/C10H21NO2/c1-6-11-10(5,8(3)4)9(12)13-7-2/h8,11H,6-7H2,1-5H3. The second kappa shape index (κ2) is 5.22. The van der Waals surface area contributed by atoms with Gasteiger partial charge in [0.05, 0.1) is 6.61 Å². The van der Waals surface area contributed by atoms with Crippen LogP contribution < -0.4 is 5.32 Å². The molecule has 0 amide bonds. The van der Waals surface area contributed by atoms with Crippen molar-refractivity contribution < 1.29 is 9.53 Å². The molecule has 0 aromatic heterocycles. The molecule has 0 bridgehead atoms. The fraction of sp³-hybridized carbons (Fsp3) is 0.900. The van der Waals surface area contributed by atoms with Crippen molar-refractivity contribution in [1.29, 1.82) is 0 Å². The summed E-state index contributed by atoms with van der Waals surface area (Å²) in [5, 5.41) is 3.17. The minimum Gasteiger partial charge on any atom is -0.465 e. The van der Waals surface area contributed by atoms with Crippen molar-refractivity contribution in [1.82, 2.24) is 5.32 Å². The maximum Gasteiger partial charge on any atom is 0.326 e. The highest BCUT2D eigenvalue weighted by Gasteiger charge is 2.36. The molecule has 0 aromatic rings. The number of nitrogens with one attached hydrogen (secondary N) is 1. The van der Waals surface area contributed by atoms with Crippen LogP contribution >= 0.6 is 0 Å². The summed E-state index contributed by atoms with van der Waals surface area (Å²) in [5.41, 5.74) is -0.551. The van der Waals surface area contributed by atoms with Gasteiger partial charge in [-0.1, -0.05) is 20.8 Å². The fourth-order valence-electron chi connectivity index (χ4n) is 1.16. The van der Waals surface area contributed by atoms with Crippen LogP contribution in [0.4, 0.5) is 0 Å². The second-order valence-corrected chi connectivity index (χ2v) is 3.61. The number of likely N-dealkylation sites (N-methyl/N-ethyl adjacent to an activating group) is 1. The summed E-state index contributed by atoms with van der Waals surface area (Å²) in [5.74, 6) is 0.0679. The number of carbonyl (C=O) groups excluding carboxylic acids is 1. The lowest BCUT2D eigenvalue weighted by Crippen LogP contribution is -2.54. The molecule has 0 rings (SSSR count). The minimum absolute atomic E-state index is 0.160. The van der Waals surface area contributed by atoms with E-state index < -0.39 is 5.54 Å². The van der Waals surface area contributed by atoms with Crippen molar-refractivity contribution in [3.63, 3.8) is 0 Å². The van der Waals surface area contributed by atoms with Crippen LogP contribution in [0.2, 0.25) is 0 Å². The van der Waals surface area contributed by atoms with E-state index in [1.54, 1.807) is 0 Å². The number of rotatable bonds is 5. The van der Waals surface area contributed by atoms with E-state index in [-0.39, 0.29) is 11.9 Å². The van der Waals surface area contributed by atoms with Crippen molar-refractivity contribution in [3.05, 3.63) is 0 Å². The third kappa shape index (κ3) is 2.99. The number of esters is 1. The van der Waals surface area contributed by atoms with E-state index in [0.29, 0.717) is 6.61 Å². The molecule has 13 heavy (non-hydrogen) atoms. The van der Waals surface area contributed by atoms with Gasteiger partial charge >= 0.3 is 5.97 Å². The van der Waals surface area contributed by atoms with Gasteiger partial charge in [-0.25, -0.2) is 0 Å². The summed E-state index contributed by atoms with van der Waals surface area (Å²) >= 11 is 0. The molecule has 3 heteroatoms. The zero-order valence-corrected chi connectivity index (χ0v) is 9.31. The Morgan fingerprint density at radius 2 is 2.00 bits per heavy atom. The summed E-state index contributed by atoms with van der Waals surface area (Å²) in [4.78, 5) is 11.6. The van der Waals surface area contributed by atoms with Crippen molar-refractivity contribution in [2.75, 3.05) is 13.2 Å². The Labute approximate surface area is 80.8 Å². The van der Waals surface area contributed by atoms with E-state index in [0.717, 1.165) is 6.54 Å². The van der Waals surface area contributed by atoms with Gasteiger partial charge in [0, 0.05) is 0 Å². The molecule has 0 aliphatic heterocycles. The quantitative estimate of drug-likeness (QED) is 0.664. The van der Waals surface area contributed by atoms with E-state index >= 15 is 0 Å². The molecule has 0 fully saturated rings. The van der Waals surface area contributed by atoms with Crippen LogP contribution in [-0.4, -0.2) is 24.7 Å². The molecule has 0 aliphatic carbocycles. The third-order valence-electron chi connectivity index (χ3n) is 2.40. The zero-order chi connectivity index (χ0) is 10.5. The highest BCUT2D eigenvalue weighted by atomic mass is 16.5. The van der Waals surface area contributed by atoms with E-state index in [1.165, 1.54) is 0 Å². The Morgan fingerprint density at radius 1 is 1.46 bits per heavy atom. The minimum atomic E-state index is -0.551. The maximum absolute atomic E-state index is 11.6. The van der Waals surface area contributed by atoms with Crippen molar-refractivity contribution in [2.24, 2.45) is 5.92 Å². The number of hydrogen-bond acceptors (Lipinski definition) is 3. The first-order chi connectivity index (χ1) is 5.99. The van der Waals surface area contributed by atoms with Crippen molar-refractivity contribution in [2.45, 2.75) is 40.2 Å². The van der Waals surface area contributed by atoms with Crippen LogP contribution in [0.5, 0.6) is 0 Å². The van der Waals surface area contributed by atoms with E-state index in [1.807, 2.05) is 34.6 Å². The average Bonchev–Trinajstić information content (AvgIpc) is 2.04. The summed E-state index contributed by atoms with van der Waals surface area (Å²) in [6, 6.07) is 0. The molecule has 3 nitrogen and oxygen atoms in total. The van der Waals surface area contributed by atoms with Gasteiger partial charge < -0.3 is 10.1 Å². The molecule has 1 atom stereocenters. The molecule has 0 radical (unpaired) electrons. The normalized spacial score (nSPS) is 15.5. The van der Waals surface area contributed by atoms with E-state index in [4.69, 9.17) is 4.74 Å². The van der Waals surface area contributed by atoms with Crippen molar-refractivity contribution >= 4 is 5.97 Å². The average molecular weight is 187 g/mol. The summed E-state index contributed by atoms with van der Waals surface area (Å²) in [6.07, 6.45) is 0. The number of hydrogen-bond donors (Lipinski definition) is 1. The lowest BCUT2D eigenvalue weighted by molar-refractivity contribution is -0.152. The molecule has 0 spiro atoms. The van der Waals surface area contributed by atoms with Gasteiger partial charge in [0.25, 0.3) is 0 Å². The van der Waals surface area contributed by atoms with Gasteiger partial charge in [-0.2, -0.15) is 0 Å². The first kappa shape index (κ1) is 12.4. The predicted octanol–water partition coefficient (Wildman–Crippen LogP) is 1.57. The van der Waals surface area contributed by atoms with Gasteiger partial charge in [-0.3, -0.25) is 4.79 Å². The molecule has 0 heterocycles. The Morgan fingerprint density at radius 3 is 2.31 bits per heavy atom. The van der Waals surface area contributed by atoms with E-state index in [9.17, 15) is 4.79 Å². The number of ether oxygens (including phenoxy) is 1. The molecule has 0 saturated carbocycles. The highest BCUT2D eigenvalue weighted by molar-refractivity contribution is 5.80. The van der Waals surface area contributed by atoms with Gasteiger partial charge in [0.2, 0.25) is 0 Å². The molecule has 1 unspecified atom stereocenters. The second-order valence-electron chi connectivity index (χ2n) is 3.61. The predicted molar refractivity (Wildman–Crippen MR) is 53.6 cm³/mol. The Hall–Kier alpha value is -0.570. The Kier molecular flexibility index (Phi) is 4.99.